The number of hydrogen-bond donors (Lipinski definition) is 2. The lowest BCUT2D eigenvalue weighted by Gasteiger charge is -2.18. The van der Waals surface area contributed by atoms with Gasteiger partial charge in [0.2, 0.25) is 5.91 Å². The van der Waals surface area contributed by atoms with Crippen LogP contribution in [-0.2, 0) is 9.59 Å². The van der Waals surface area contributed by atoms with Gasteiger partial charge in [0.1, 0.15) is 5.82 Å². The van der Waals surface area contributed by atoms with Gasteiger partial charge in [-0.2, -0.15) is 0 Å². The highest BCUT2D eigenvalue weighted by Crippen LogP contribution is 2.26. The number of amides is 1. The van der Waals surface area contributed by atoms with Crippen molar-refractivity contribution in [1.29, 1.82) is 0 Å². The molecule has 6 heteroatoms. The van der Waals surface area contributed by atoms with E-state index in [4.69, 9.17) is 11.6 Å². The lowest BCUT2D eigenvalue weighted by Crippen LogP contribution is -2.37. The number of carboxylic acid groups (broad SMARTS) is 1. The van der Waals surface area contributed by atoms with Crippen LogP contribution in [0.4, 0.5) is 4.39 Å². The molecule has 1 unspecified atom stereocenters. The number of carbonyl (C=O) groups excluding carboxylic acids is 1. The molecular weight excluding hydrogens is 285 g/mol. The van der Waals surface area contributed by atoms with E-state index < -0.39 is 17.8 Å². The summed E-state index contributed by atoms with van der Waals surface area (Å²) >= 11 is 5.56. The molecule has 108 valence electrons. The Labute approximate surface area is 120 Å². The smallest absolute Gasteiger partial charge is 0.330 e. The molecule has 1 aromatic carbocycles. The molecule has 1 aliphatic rings. The molecular formula is C14H15ClFNO3. The number of nitrogens with one attached hydrogen (secondary N) is 1. The Morgan fingerprint density at radius 2 is 2.00 bits per heavy atom. The van der Waals surface area contributed by atoms with Gasteiger partial charge in [-0.15, -0.1) is 0 Å². The highest BCUT2D eigenvalue weighted by atomic mass is 35.5. The summed E-state index contributed by atoms with van der Waals surface area (Å²) in [6.45, 7) is 0. The van der Waals surface area contributed by atoms with E-state index in [0.29, 0.717) is 0 Å². The van der Waals surface area contributed by atoms with Crippen LogP contribution in [0.25, 0.3) is 0 Å². The molecule has 20 heavy (non-hydrogen) atoms. The number of carbonyl (C=O) groups is 2. The van der Waals surface area contributed by atoms with Gasteiger partial charge in [0.25, 0.3) is 0 Å². The van der Waals surface area contributed by atoms with Crippen LogP contribution in [0, 0.1) is 11.7 Å². The first kappa shape index (κ1) is 14.8. The fourth-order valence-electron chi connectivity index (χ4n) is 2.43. The normalized spacial score (nSPS) is 16.9. The van der Waals surface area contributed by atoms with Gasteiger partial charge in [-0.1, -0.05) is 30.5 Å². The molecule has 2 N–H and O–H groups in total. The molecule has 1 amide bonds. The van der Waals surface area contributed by atoms with Crippen LogP contribution >= 0.6 is 11.6 Å². The van der Waals surface area contributed by atoms with Gasteiger partial charge in [-0.3, -0.25) is 4.79 Å². The van der Waals surface area contributed by atoms with E-state index in [1.165, 1.54) is 12.1 Å². The average molecular weight is 300 g/mol. The average Bonchev–Trinajstić information content (AvgIpc) is 2.93. The van der Waals surface area contributed by atoms with Crippen molar-refractivity contribution in [2.75, 3.05) is 0 Å². The molecule has 4 nitrogen and oxygen atoms in total. The van der Waals surface area contributed by atoms with E-state index in [1.807, 2.05) is 0 Å². The molecule has 0 saturated heterocycles. The molecule has 0 bridgehead atoms. The molecule has 1 atom stereocenters. The maximum atomic E-state index is 13.4. The largest absolute Gasteiger partial charge is 0.479 e. The maximum absolute atomic E-state index is 13.4. The van der Waals surface area contributed by atoms with Crippen molar-refractivity contribution >= 4 is 23.5 Å². The van der Waals surface area contributed by atoms with Crippen molar-refractivity contribution in [2.45, 2.75) is 31.7 Å². The van der Waals surface area contributed by atoms with Gasteiger partial charge < -0.3 is 10.4 Å². The van der Waals surface area contributed by atoms with Crippen molar-refractivity contribution in [3.8, 4) is 0 Å². The van der Waals surface area contributed by atoms with Crippen LogP contribution < -0.4 is 5.32 Å². The Hall–Kier alpha value is -1.62. The van der Waals surface area contributed by atoms with Crippen molar-refractivity contribution < 1.29 is 19.1 Å². The summed E-state index contributed by atoms with van der Waals surface area (Å²) in [5, 5.41) is 11.6. The zero-order valence-electron chi connectivity index (χ0n) is 10.7. The molecule has 0 spiro atoms. The SMILES string of the molecule is O=C(NC(C(=O)O)c1ccc(Cl)c(F)c1)C1CCCC1. The summed E-state index contributed by atoms with van der Waals surface area (Å²) in [6, 6.07) is 2.47. The fourth-order valence-corrected chi connectivity index (χ4v) is 2.55. The minimum absolute atomic E-state index is 0.0833. The summed E-state index contributed by atoms with van der Waals surface area (Å²) in [5.74, 6) is -2.36. The van der Waals surface area contributed by atoms with Gasteiger partial charge in [0.05, 0.1) is 5.02 Å². The molecule has 1 saturated carbocycles. The summed E-state index contributed by atoms with van der Waals surface area (Å²) in [7, 11) is 0. The molecule has 0 radical (unpaired) electrons. The van der Waals surface area contributed by atoms with Crippen LogP contribution in [0.2, 0.25) is 5.02 Å². The number of benzene rings is 1. The first-order chi connectivity index (χ1) is 9.49. The number of carboxylic acids is 1. The lowest BCUT2D eigenvalue weighted by molar-refractivity contribution is -0.142. The minimum atomic E-state index is -1.25. The molecule has 2 rings (SSSR count). The number of halogens is 2. The van der Waals surface area contributed by atoms with Gasteiger partial charge in [-0.25, -0.2) is 9.18 Å². The molecule has 1 fully saturated rings. The third-order valence-corrected chi connectivity index (χ3v) is 3.84. The van der Waals surface area contributed by atoms with Crippen molar-refractivity contribution in [3.63, 3.8) is 0 Å². The predicted octanol–water partition coefficient (Wildman–Crippen LogP) is 2.91. The number of aliphatic carboxylic acids is 1. The second kappa shape index (κ2) is 6.22. The van der Waals surface area contributed by atoms with Crippen molar-refractivity contribution in [1.82, 2.24) is 5.32 Å². The summed E-state index contributed by atoms with van der Waals surface area (Å²) < 4.78 is 13.4. The minimum Gasteiger partial charge on any atom is -0.479 e. The highest BCUT2D eigenvalue weighted by Gasteiger charge is 2.28. The first-order valence-electron chi connectivity index (χ1n) is 6.47. The van der Waals surface area contributed by atoms with E-state index in [-0.39, 0.29) is 22.4 Å². The predicted molar refractivity (Wildman–Crippen MR) is 71.9 cm³/mol. The Kier molecular flexibility index (Phi) is 4.60. The van der Waals surface area contributed by atoms with Crippen LogP contribution in [0.3, 0.4) is 0 Å². The third-order valence-electron chi connectivity index (χ3n) is 3.54. The van der Waals surface area contributed by atoms with Crippen molar-refractivity contribution in [2.24, 2.45) is 5.92 Å². The maximum Gasteiger partial charge on any atom is 0.330 e. The lowest BCUT2D eigenvalue weighted by atomic mass is 10.0. The van der Waals surface area contributed by atoms with Gasteiger partial charge in [-0.05, 0) is 30.5 Å². The quantitative estimate of drug-likeness (QED) is 0.898. The molecule has 1 aromatic rings. The standard InChI is InChI=1S/C14H15ClFNO3/c15-10-6-5-9(7-11(10)16)12(14(19)20)17-13(18)8-3-1-2-4-8/h5-8,12H,1-4H2,(H,17,18)(H,19,20). The van der Waals surface area contributed by atoms with E-state index >= 15 is 0 Å². The van der Waals surface area contributed by atoms with E-state index in [2.05, 4.69) is 5.32 Å². The van der Waals surface area contributed by atoms with Crippen LogP contribution in [0.5, 0.6) is 0 Å². The van der Waals surface area contributed by atoms with Gasteiger partial charge >= 0.3 is 5.97 Å². The van der Waals surface area contributed by atoms with Crippen LogP contribution in [-0.4, -0.2) is 17.0 Å². The topological polar surface area (TPSA) is 66.4 Å². The molecule has 0 heterocycles. The molecule has 0 aromatic heterocycles. The summed E-state index contributed by atoms with van der Waals surface area (Å²) in [6.07, 6.45) is 3.50. The third kappa shape index (κ3) is 3.28. The zero-order chi connectivity index (χ0) is 14.7. The Bertz CT molecular complexity index is 529. The summed E-state index contributed by atoms with van der Waals surface area (Å²) in [4.78, 5) is 23.3. The number of rotatable bonds is 4. The highest BCUT2D eigenvalue weighted by molar-refractivity contribution is 6.30. The van der Waals surface area contributed by atoms with Crippen molar-refractivity contribution in [3.05, 3.63) is 34.6 Å². The van der Waals surface area contributed by atoms with Gasteiger partial charge in [0, 0.05) is 5.92 Å². The van der Waals surface area contributed by atoms with E-state index in [0.717, 1.165) is 31.7 Å². The number of hydrogen-bond acceptors (Lipinski definition) is 2. The van der Waals surface area contributed by atoms with Crippen LogP contribution in [0.15, 0.2) is 18.2 Å². The van der Waals surface area contributed by atoms with E-state index in [1.54, 1.807) is 0 Å². The zero-order valence-corrected chi connectivity index (χ0v) is 11.5. The van der Waals surface area contributed by atoms with Gasteiger partial charge in [0.15, 0.2) is 6.04 Å². The monoisotopic (exact) mass is 299 g/mol. The second-order valence-corrected chi connectivity index (χ2v) is 5.34. The molecule has 1 aliphatic carbocycles. The first-order valence-corrected chi connectivity index (χ1v) is 6.85. The fraction of sp³-hybridized carbons (Fsp3) is 0.429. The second-order valence-electron chi connectivity index (χ2n) is 4.93. The summed E-state index contributed by atoms with van der Waals surface area (Å²) in [5.41, 5.74) is 0.172. The Balaban J connectivity index is 2.16. The Morgan fingerprint density at radius 1 is 1.35 bits per heavy atom. The Morgan fingerprint density at radius 3 is 2.55 bits per heavy atom. The van der Waals surface area contributed by atoms with E-state index in [9.17, 15) is 19.1 Å². The molecule has 0 aliphatic heterocycles. The van der Waals surface area contributed by atoms with Crippen LogP contribution in [0.1, 0.15) is 37.3 Å².